The van der Waals surface area contributed by atoms with Crippen LogP contribution in [0.1, 0.15) is 26.5 Å². The molecule has 1 aromatic carbocycles. The van der Waals surface area contributed by atoms with E-state index in [1.54, 1.807) is 0 Å². The molecule has 1 heterocycles. The van der Waals surface area contributed by atoms with Crippen LogP contribution in [0.5, 0.6) is 0 Å². The molecule has 0 spiro atoms. The molecule has 0 atom stereocenters. The second-order valence-electron chi connectivity index (χ2n) is 5.75. The smallest absolute Gasteiger partial charge is 0.0841 e. The Morgan fingerprint density at radius 3 is 2.65 bits per heavy atom. The molecule has 0 saturated carbocycles. The largest absolute Gasteiger partial charge is 0.311 e. The molecular formula is C14H21N3. The number of benzene rings is 1. The van der Waals surface area contributed by atoms with Crippen molar-refractivity contribution in [3.63, 3.8) is 0 Å². The lowest BCUT2D eigenvalue weighted by Crippen LogP contribution is -2.26. The Hall–Kier alpha value is -1.35. The number of rotatable bonds is 3. The highest BCUT2D eigenvalue weighted by molar-refractivity contribution is 5.81. The molecule has 1 aromatic heterocycles. The maximum absolute atomic E-state index is 4.56. The Labute approximate surface area is 103 Å². The van der Waals surface area contributed by atoms with E-state index in [-0.39, 0.29) is 0 Å². The standard InChI is InChI=1S/C14H21N3/c1-14(2,3)10-15-9-12-11-7-5-6-8-13(11)17(4)16-12/h5-8,15H,9-10H2,1-4H3. The van der Waals surface area contributed by atoms with E-state index in [0.29, 0.717) is 5.41 Å². The Morgan fingerprint density at radius 1 is 1.24 bits per heavy atom. The lowest BCUT2D eigenvalue weighted by atomic mass is 9.97. The molecule has 0 aliphatic carbocycles. The minimum Gasteiger partial charge on any atom is -0.311 e. The van der Waals surface area contributed by atoms with E-state index in [0.717, 1.165) is 18.8 Å². The van der Waals surface area contributed by atoms with E-state index < -0.39 is 0 Å². The first-order chi connectivity index (χ1) is 7.97. The van der Waals surface area contributed by atoms with Crippen molar-refractivity contribution in [2.24, 2.45) is 12.5 Å². The predicted molar refractivity (Wildman–Crippen MR) is 71.9 cm³/mol. The third kappa shape index (κ3) is 2.86. The summed E-state index contributed by atoms with van der Waals surface area (Å²) in [6, 6.07) is 8.36. The van der Waals surface area contributed by atoms with Crippen LogP contribution in [0.25, 0.3) is 10.9 Å². The molecule has 17 heavy (non-hydrogen) atoms. The van der Waals surface area contributed by atoms with Crippen molar-refractivity contribution < 1.29 is 0 Å². The predicted octanol–water partition coefficient (Wildman–Crippen LogP) is 2.71. The van der Waals surface area contributed by atoms with Crippen molar-refractivity contribution in [1.82, 2.24) is 15.1 Å². The molecule has 0 radical (unpaired) electrons. The monoisotopic (exact) mass is 231 g/mol. The highest BCUT2D eigenvalue weighted by Gasteiger charge is 2.11. The molecule has 3 heteroatoms. The van der Waals surface area contributed by atoms with Gasteiger partial charge in [0.1, 0.15) is 0 Å². The first-order valence-corrected chi connectivity index (χ1v) is 6.09. The Bertz CT molecular complexity index is 506. The van der Waals surface area contributed by atoms with Gasteiger partial charge in [-0.15, -0.1) is 0 Å². The molecule has 0 bridgehead atoms. The zero-order chi connectivity index (χ0) is 12.5. The SMILES string of the molecule is Cn1nc(CNCC(C)(C)C)c2ccccc21. The molecular weight excluding hydrogens is 210 g/mol. The Kier molecular flexibility index (Phi) is 3.20. The molecule has 92 valence electrons. The number of aryl methyl sites for hydroxylation is 1. The van der Waals surface area contributed by atoms with Gasteiger partial charge in [-0.05, 0) is 11.5 Å². The van der Waals surface area contributed by atoms with Gasteiger partial charge in [-0.25, -0.2) is 0 Å². The fourth-order valence-electron chi connectivity index (χ4n) is 1.98. The third-order valence-electron chi connectivity index (χ3n) is 2.78. The van der Waals surface area contributed by atoms with Gasteiger partial charge in [0.2, 0.25) is 0 Å². The molecule has 3 nitrogen and oxygen atoms in total. The van der Waals surface area contributed by atoms with Crippen molar-refractivity contribution >= 4 is 10.9 Å². The van der Waals surface area contributed by atoms with Crippen LogP contribution in [0.15, 0.2) is 24.3 Å². The summed E-state index contributed by atoms with van der Waals surface area (Å²) < 4.78 is 1.95. The third-order valence-corrected chi connectivity index (χ3v) is 2.78. The zero-order valence-corrected chi connectivity index (χ0v) is 11.1. The van der Waals surface area contributed by atoms with Crippen LogP contribution < -0.4 is 5.32 Å². The van der Waals surface area contributed by atoms with Gasteiger partial charge >= 0.3 is 0 Å². The van der Waals surface area contributed by atoms with E-state index in [9.17, 15) is 0 Å². The van der Waals surface area contributed by atoms with Gasteiger partial charge in [0.25, 0.3) is 0 Å². The minimum atomic E-state index is 0.310. The highest BCUT2D eigenvalue weighted by Crippen LogP contribution is 2.17. The second-order valence-corrected chi connectivity index (χ2v) is 5.75. The zero-order valence-electron chi connectivity index (χ0n) is 11.1. The van der Waals surface area contributed by atoms with Gasteiger partial charge in [0.15, 0.2) is 0 Å². The van der Waals surface area contributed by atoms with Crippen LogP contribution in [0, 0.1) is 5.41 Å². The van der Waals surface area contributed by atoms with E-state index in [4.69, 9.17) is 0 Å². The fourth-order valence-corrected chi connectivity index (χ4v) is 1.98. The summed E-state index contributed by atoms with van der Waals surface area (Å²) in [6.45, 7) is 8.53. The van der Waals surface area contributed by atoms with Crippen molar-refractivity contribution in [3.8, 4) is 0 Å². The van der Waals surface area contributed by atoms with Crippen LogP contribution in [0.3, 0.4) is 0 Å². The topological polar surface area (TPSA) is 29.9 Å². The summed E-state index contributed by atoms with van der Waals surface area (Å²) in [4.78, 5) is 0. The Morgan fingerprint density at radius 2 is 1.94 bits per heavy atom. The molecule has 0 aliphatic heterocycles. The number of aromatic nitrogens is 2. The van der Waals surface area contributed by atoms with E-state index >= 15 is 0 Å². The van der Waals surface area contributed by atoms with Gasteiger partial charge < -0.3 is 5.32 Å². The number of nitrogens with one attached hydrogen (secondary N) is 1. The molecule has 0 amide bonds. The van der Waals surface area contributed by atoms with Crippen LogP contribution in [0.2, 0.25) is 0 Å². The molecule has 2 rings (SSSR count). The first kappa shape index (κ1) is 12.1. The van der Waals surface area contributed by atoms with Crippen molar-refractivity contribution in [2.75, 3.05) is 6.54 Å². The second kappa shape index (κ2) is 4.49. The number of hydrogen-bond acceptors (Lipinski definition) is 2. The lowest BCUT2D eigenvalue weighted by molar-refractivity contribution is 0.378. The summed E-state index contributed by atoms with van der Waals surface area (Å²) in [5.74, 6) is 0. The van der Waals surface area contributed by atoms with Gasteiger partial charge in [-0.3, -0.25) is 4.68 Å². The number of hydrogen-bond donors (Lipinski definition) is 1. The van der Waals surface area contributed by atoms with Crippen molar-refractivity contribution in [2.45, 2.75) is 27.3 Å². The summed E-state index contributed by atoms with van der Waals surface area (Å²) in [6.07, 6.45) is 0. The molecule has 2 aromatic rings. The molecule has 1 N–H and O–H groups in total. The number of nitrogens with zero attached hydrogens (tertiary/aromatic N) is 2. The summed E-state index contributed by atoms with van der Waals surface area (Å²) in [5, 5.41) is 9.28. The van der Waals surface area contributed by atoms with Crippen LogP contribution in [0.4, 0.5) is 0 Å². The fraction of sp³-hybridized carbons (Fsp3) is 0.500. The summed E-state index contributed by atoms with van der Waals surface area (Å²) in [7, 11) is 2.00. The summed E-state index contributed by atoms with van der Waals surface area (Å²) in [5.41, 5.74) is 2.64. The minimum absolute atomic E-state index is 0.310. The van der Waals surface area contributed by atoms with Gasteiger partial charge in [-0.2, -0.15) is 5.10 Å². The lowest BCUT2D eigenvalue weighted by Gasteiger charge is -2.18. The maximum Gasteiger partial charge on any atom is 0.0841 e. The van der Waals surface area contributed by atoms with Crippen LogP contribution >= 0.6 is 0 Å². The quantitative estimate of drug-likeness (QED) is 0.880. The van der Waals surface area contributed by atoms with E-state index in [1.165, 1.54) is 10.9 Å². The molecule has 0 fully saturated rings. The maximum atomic E-state index is 4.56. The number of para-hydroxylation sites is 1. The molecule has 0 unspecified atom stereocenters. The van der Waals surface area contributed by atoms with Crippen LogP contribution in [-0.2, 0) is 13.6 Å². The average Bonchev–Trinajstić information content (AvgIpc) is 2.55. The van der Waals surface area contributed by atoms with Crippen LogP contribution in [-0.4, -0.2) is 16.3 Å². The molecule has 0 saturated heterocycles. The van der Waals surface area contributed by atoms with Gasteiger partial charge in [0, 0.05) is 25.5 Å². The van der Waals surface area contributed by atoms with Crippen molar-refractivity contribution in [1.29, 1.82) is 0 Å². The van der Waals surface area contributed by atoms with E-state index in [1.807, 2.05) is 11.7 Å². The average molecular weight is 231 g/mol. The van der Waals surface area contributed by atoms with Gasteiger partial charge in [0.05, 0.1) is 11.2 Å². The highest BCUT2D eigenvalue weighted by atomic mass is 15.3. The van der Waals surface area contributed by atoms with Gasteiger partial charge in [-0.1, -0.05) is 39.0 Å². The van der Waals surface area contributed by atoms with Crippen molar-refractivity contribution in [3.05, 3.63) is 30.0 Å². The van der Waals surface area contributed by atoms with E-state index in [2.05, 4.69) is 55.5 Å². The first-order valence-electron chi connectivity index (χ1n) is 6.09. The summed E-state index contributed by atoms with van der Waals surface area (Å²) >= 11 is 0. The number of fused-ring (bicyclic) bond motifs is 1. The normalized spacial score (nSPS) is 12.2. The molecule has 0 aliphatic rings. The Balaban J connectivity index is 2.14.